The quantitative estimate of drug-likeness (QED) is 0.346. The molecule has 0 aliphatic heterocycles. The zero-order valence-electron chi connectivity index (χ0n) is 10.4. The Labute approximate surface area is 105 Å². The Bertz CT molecular complexity index is 244. The van der Waals surface area contributed by atoms with Crippen LogP contribution in [0.3, 0.4) is 0 Å². The number of hydrogen-bond donors (Lipinski definition) is 4. The van der Waals surface area contributed by atoms with Crippen LogP contribution in [0, 0.1) is 0 Å². The van der Waals surface area contributed by atoms with Crippen LogP contribution in [0.15, 0.2) is 0 Å². The Morgan fingerprint density at radius 2 is 1.36 bits per heavy atom. The molecule has 0 heterocycles. The first-order valence-electron chi connectivity index (χ1n) is 3.17. The molecule has 0 rings (SSSR count). The Kier molecular flexibility index (Phi) is 6.75. The molecule has 0 aromatic carbocycles. The molecule has 0 radical (unpaired) electrons. The van der Waals surface area contributed by atoms with Gasteiger partial charge in [-0.2, -0.15) is 0 Å². The summed E-state index contributed by atoms with van der Waals surface area (Å²) in [6.07, 6.45) is -2.29. The van der Waals surface area contributed by atoms with E-state index in [0.717, 1.165) is 0 Å². The fourth-order valence-electron chi connectivity index (χ4n) is 0.714. The van der Waals surface area contributed by atoms with Crippen LogP contribution in [-0.4, -0.2) is 43.9 Å². The second-order valence-electron chi connectivity index (χ2n) is 2.48. The standard InChI is InChI=1S/C6H8O7.Na.H/c7-3(8)1-6(13,5(11)12)2-4(9)10;;/h13H,1-2H2,(H,7,8)(H,9,10)(H,11,12);;/q;+1;-1/p+2. The van der Waals surface area contributed by atoms with Crippen LogP contribution in [0.2, 0.25) is 0 Å². The fraction of sp³-hybridized carbons (Fsp3) is 0.500. The molecule has 0 unspecified atom stereocenters. The second-order valence-corrected chi connectivity index (χ2v) is 2.48. The molecule has 0 fully saturated rings. The molecule has 0 bridgehead atoms. The first-order chi connectivity index (χ1) is 5.78. The summed E-state index contributed by atoms with van der Waals surface area (Å²) in [5.41, 5.74) is -2.74. The zero-order chi connectivity index (χ0) is 10.6. The summed E-state index contributed by atoms with van der Waals surface area (Å²) in [7, 11) is 0. The normalized spacial score (nSPS) is 10.1. The van der Waals surface area contributed by atoms with Crippen molar-refractivity contribution in [2.24, 2.45) is 0 Å². The smallest absolute Gasteiger partial charge is 1.00 e. The molecule has 0 aromatic rings. The van der Waals surface area contributed by atoms with Crippen molar-refractivity contribution in [3.8, 4) is 0 Å². The third-order valence-corrected chi connectivity index (χ3v) is 1.29. The summed E-state index contributed by atoms with van der Waals surface area (Å²) in [5.74, 6) is -5.02. The summed E-state index contributed by atoms with van der Waals surface area (Å²) in [6, 6.07) is 0. The molecule has 0 aromatic heterocycles. The van der Waals surface area contributed by atoms with Gasteiger partial charge in [-0.25, -0.2) is 4.79 Å². The van der Waals surface area contributed by atoms with Gasteiger partial charge in [-0.1, -0.05) is 0 Å². The van der Waals surface area contributed by atoms with E-state index in [-0.39, 0.29) is 33.8 Å². The molecule has 4 N–H and O–H groups in total. The van der Waals surface area contributed by atoms with Crippen molar-refractivity contribution in [1.29, 1.82) is 0 Å². The van der Waals surface area contributed by atoms with Crippen LogP contribution in [0.4, 0.5) is 0 Å². The Hall–Kier alpha value is -0.630. The van der Waals surface area contributed by atoms with Gasteiger partial charge in [0.25, 0.3) is 0 Å². The molecule has 0 aliphatic rings. The average Bonchev–Trinajstić information content (AvgIpc) is 1.82. The van der Waals surface area contributed by atoms with Gasteiger partial charge in [0.2, 0.25) is 0 Å². The van der Waals surface area contributed by atoms with Crippen LogP contribution >= 0.6 is 0 Å². The first kappa shape index (κ1) is 15.8. The third kappa shape index (κ3) is 5.18. The average molecular weight is 218 g/mol. The van der Waals surface area contributed by atoms with E-state index >= 15 is 0 Å². The van der Waals surface area contributed by atoms with E-state index < -0.39 is 36.4 Å². The van der Waals surface area contributed by atoms with Gasteiger partial charge >= 0.3 is 50.3 Å². The number of carboxylic acids is 3. The molecule has 0 spiro atoms. The van der Waals surface area contributed by atoms with Crippen molar-refractivity contribution in [2.75, 3.05) is 0 Å². The molecular formula is C6H11NaO7+2. The number of rotatable bonds is 5. The minimum absolute atomic E-state index is 0. The Balaban J connectivity index is -0.000000120. The molecule has 14 heavy (non-hydrogen) atoms. The number of hydrogen-bond acceptors (Lipinski definition) is 4. The van der Waals surface area contributed by atoms with Crippen LogP contribution in [0.1, 0.15) is 17.1 Å². The number of carbonyl (C=O) groups is 3. The number of aliphatic carboxylic acids is 3. The van der Waals surface area contributed by atoms with E-state index in [0.29, 0.717) is 0 Å². The summed E-state index contributed by atoms with van der Waals surface area (Å²) in [6.45, 7) is 0. The van der Waals surface area contributed by atoms with E-state index in [1.54, 1.807) is 0 Å². The maximum Gasteiger partial charge on any atom is 1.00 e. The van der Waals surface area contributed by atoms with E-state index in [1.807, 2.05) is 0 Å². The summed E-state index contributed by atoms with van der Waals surface area (Å²) >= 11 is 0. The van der Waals surface area contributed by atoms with E-state index in [9.17, 15) is 14.4 Å². The monoisotopic (exact) mass is 218 g/mol. The van der Waals surface area contributed by atoms with Crippen LogP contribution in [-0.2, 0) is 14.4 Å². The minimum atomic E-state index is -2.74. The molecule has 0 saturated carbocycles. The molecular weight excluding hydrogens is 207 g/mol. The van der Waals surface area contributed by atoms with Crippen molar-refractivity contribution in [3.63, 3.8) is 0 Å². The number of aliphatic hydroxyl groups is 1. The molecule has 76 valence electrons. The summed E-state index contributed by atoms with van der Waals surface area (Å²) in [5, 5.41) is 33.8. The molecule has 7 nitrogen and oxygen atoms in total. The predicted octanol–water partition coefficient (Wildman–Crippen LogP) is -3.91. The molecule has 0 amide bonds. The minimum Gasteiger partial charge on any atom is -1.00 e. The van der Waals surface area contributed by atoms with Gasteiger partial charge in [-0.3, -0.25) is 9.59 Å². The van der Waals surface area contributed by atoms with Gasteiger partial charge in [0.05, 0.1) is 12.8 Å². The van der Waals surface area contributed by atoms with Crippen molar-refractivity contribution >= 4 is 17.9 Å². The second kappa shape index (κ2) is 5.97. The van der Waals surface area contributed by atoms with Crippen molar-refractivity contribution < 1.29 is 68.6 Å². The van der Waals surface area contributed by atoms with Crippen molar-refractivity contribution in [1.82, 2.24) is 0 Å². The molecule has 0 atom stereocenters. The predicted molar refractivity (Wildman–Crippen MR) is 40.4 cm³/mol. The number of carboxylic acid groups (broad SMARTS) is 3. The van der Waals surface area contributed by atoms with Crippen molar-refractivity contribution in [2.45, 2.75) is 18.4 Å². The molecule has 0 saturated heterocycles. The fourth-order valence-corrected chi connectivity index (χ4v) is 0.714. The van der Waals surface area contributed by atoms with Crippen LogP contribution in [0.5, 0.6) is 0 Å². The van der Waals surface area contributed by atoms with Crippen LogP contribution in [0.25, 0.3) is 0 Å². The van der Waals surface area contributed by atoms with Gasteiger partial charge in [-0.05, 0) is 0 Å². The third-order valence-electron chi connectivity index (χ3n) is 1.29. The van der Waals surface area contributed by atoms with Crippen LogP contribution < -0.4 is 29.6 Å². The van der Waals surface area contributed by atoms with Gasteiger partial charge in [0.15, 0.2) is 5.60 Å². The van der Waals surface area contributed by atoms with E-state index in [4.69, 9.17) is 20.4 Å². The SMILES string of the molecule is O=C(O)CC(O)(CC(=O)O)C(=O)O.[H+].[H+].[H-].[Na+]. The Morgan fingerprint density at radius 3 is 1.50 bits per heavy atom. The van der Waals surface area contributed by atoms with Gasteiger partial charge < -0.3 is 21.9 Å². The zero-order valence-corrected chi connectivity index (χ0v) is 9.43. The van der Waals surface area contributed by atoms with Gasteiger partial charge in [-0.15, -0.1) is 0 Å². The maximum absolute atomic E-state index is 10.3. The van der Waals surface area contributed by atoms with Crippen molar-refractivity contribution in [3.05, 3.63) is 0 Å². The molecule has 8 heteroatoms. The van der Waals surface area contributed by atoms with E-state index in [2.05, 4.69) is 0 Å². The van der Waals surface area contributed by atoms with E-state index in [1.165, 1.54) is 0 Å². The largest absolute Gasteiger partial charge is 1.00 e. The topological polar surface area (TPSA) is 132 Å². The van der Waals surface area contributed by atoms with Gasteiger partial charge in [0, 0.05) is 0 Å². The maximum atomic E-state index is 10.3. The van der Waals surface area contributed by atoms with Gasteiger partial charge in [0.1, 0.15) is 0 Å². The summed E-state index contributed by atoms with van der Waals surface area (Å²) in [4.78, 5) is 30.5. The first-order valence-corrected chi connectivity index (χ1v) is 3.17. The molecule has 0 aliphatic carbocycles. The Morgan fingerprint density at radius 1 is 1.07 bits per heavy atom. The summed E-state index contributed by atoms with van der Waals surface area (Å²) < 4.78 is 0.